The van der Waals surface area contributed by atoms with E-state index in [0.717, 1.165) is 5.56 Å². The molecule has 1 radical (unpaired) electrons. The zero-order valence-electron chi connectivity index (χ0n) is 12.0. The first kappa shape index (κ1) is 19.3. The molecule has 113 valence electrons. The molecule has 0 atom stereocenters. The van der Waals surface area contributed by atoms with E-state index >= 15 is 0 Å². The molecule has 0 spiro atoms. The summed E-state index contributed by atoms with van der Waals surface area (Å²) in [5, 5.41) is 0. The number of rotatable bonds is 5. The van der Waals surface area contributed by atoms with E-state index < -0.39 is 20.2 Å². The van der Waals surface area contributed by atoms with Gasteiger partial charge in [-0.15, -0.1) is 0 Å². The molecule has 0 N–H and O–H groups in total. The maximum atomic E-state index is 11.8. The Morgan fingerprint density at radius 1 is 0.682 bits per heavy atom. The molecular formula is C13H12NaO6S2. The van der Waals surface area contributed by atoms with Crippen LogP contribution in [0.2, 0.25) is 0 Å². The predicted octanol–water partition coefficient (Wildman–Crippen LogP) is 1.64. The molecule has 0 fully saturated rings. The monoisotopic (exact) mass is 351 g/mol. The molecule has 0 aliphatic carbocycles. The van der Waals surface area contributed by atoms with Gasteiger partial charge in [-0.3, -0.25) is 0 Å². The quantitative estimate of drug-likeness (QED) is 0.462. The number of hydrogen-bond acceptors (Lipinski definition) is 6. The van der Waals surface area contributed by atoms with E-state index in [4.69, 9.17) is 0 Å². The average Bonchev–Trinajstić information content (AvgIpc) is 2.47. The van der Waals surface area contributed by atoms with Crippen LogP contribution in [-0.2, 0) is 28.9 Å². The third kappa shape index (κ3) is 4.88. The second-order valence-corrected chi connectivity index (χ2v) is 7.20. The van der Waals surface area contributed by atoms with Crippen molar-refractivity contribution in [1.29, 1.82) is 0 Å². The van der Waals surface area contributed by atoms with Crippen LogP contribution in [0.4, 0.5) is 0 Å². The molecule has 0 bridgehead atoms. The van der Waals surface area contributed by atoms with Crippen molar-refractivity contribution in [2.24, 2.45) is 0 Å². The van der Waals surface area contributed by atoms with Crippen molar-refractivity contribution in [3.63, 3.8) is 0 Å². The summed E-state index contributed by atoms with van der Waals surface area (Å²) >= 11 is 0. The van der Waals surface area contributed by atoms with Gasteiger partial charge in [0.2, 0.25) is 0 Å². The van der Waals surface area contributed by atoms with Crippen LogP contribution in [0.15, 0.2) is 64.4 Å². The first-order chi connectivity index (χ1) is 9.81. The van der Waals surface area contributed by atoms with Gasteiger partial charge < -0.3 is 0 Å². The van der Waals surface area contributed by atoms with Gasteiger partial charge in [0.25, 0.3) is 0 Å². The third-order valence-electron chi connectivity index (χ3n) is 2.55. The zero-order valence-corrected chi connectivity index (χ0v) is 15.6. The van der Waals surface area contributed by atoms with Crippen LogP contribution in [0.3, 0.4) is 0 Å². The Hall–Kier alpha value is -0.740. The molecule has 0 amide bonds. The molecule has 0 aromatic heterocycles. The normalized spacial score (nSPS) is 11.7. The van der Waals surface area contributed by atoms with Crippen molar-refractivity contribution in [2.45, 2.75) is 16.7 Å². The summed E-state index contributed by atoms with van der Waals surface area (Å²) in [7, 11) is -8.63. The van der Waals surface area contributed by atoms with E-state index in [1.165, 1.54) is 36.4 Å². The van der Waals surface area contributed by atoms with Crippen molar-refractivity contribution in [1.82, 2.24) is 0 Å². The minimum atomic E-state index is -4.32. The van der Waals surface area contributed by atoms with Gasteiger partial charge in [0.15, 0.2) is 0 Å². The summed E-state index contributed by atoms with van der Waals surface area (Å²) in [4.78, 5) is -0.402. The molecule has 6 nitrogen and oxygen atoms in total. The van der Waals surface area contributed by atoms with Crippen LogP contribution in [-0.4, -0.2) is 46.4 Å². The third-order valence-corrected chi connectivity index (χ3v) is 4.83. The molecule has 0 aliphatic heterocycles. The zero-order chi connectivity index (χ0) is 15.5. The summed E-state index contributed by atoms with van der Waals surface area (Å²) in [6, 6.07) is 12.8. The van der Waals surface area contributed by atoms with Gasteiger partial charge in [0.1, 0.15) is 0 Å². The summed E-state index contributed by atoms with van der Waals surface area (Å²) in [5.41, 5.74) is 0.853. The van der Waals surface area contributed by atoms with Gasteiger partial charge in [0.05, 0.1) is 9.79 Å². The van der Waals surface area contributed by atoms with E-state index in [-0.39, 0.29) is 39.3 Å². The van der Waals surface area contributed by atoms with E-state index in [9.17, 15) is 16.8 Å². The molecule has 0 saturated heterocycles. The molecule has 0 aliphatic rings. The summed E-state index contributed by atoms with van der Waals surface area (Å²) < 4.78 is 55.4. The summed E-state index contributed by atoms with van der Waals surface area (Å²) in [5.74, 6) is 0. The Balaban J connectivity index is 0.00000242. The van der Waals surface area contributed by atoms with Crippen molar-refractivity contribution in [3.8, 4) is 0 Å². The second kappa shape index (κ2) is 7.69. The topological polar surface area (TPSA) is 86.7 Å². The summed E-state index contributed by atoms with van der Waals surface area (Å²) in [6.07, 6.45) is 0. The van der Waals surface area contributed by atoms with E-state index in [2.05, 4.69) is 8.67 Å². The van der Waals surface area contributed by atoms with Crippen molar-refractivity contribution >= 4 is 49.8 Å². The second-order valence-electron chi connectivity index (χ2n) is 4.17. The van der Waals surface area contributed by atoms with Gasteiger partial charge in [-0.25, -0.2) is 0 Å². The van der Waals surface area contributed by atoms with Crippen LogP contribution in [0.25, 0.3) is 0 Å². The Kier molecular flexibility index (Phi) is 6.75. The number of aryl methyl sites for hydroxylation is 1. The summed E-state index contributed by atoms with van der Waals surface area (Å²) in [6.45, 7) is 1.79. The number of benzene rings is 2. The van der Waals surface area contributed by atoms with Crippen molar-refractivity contribution < 1.29 is 25.5 Å². The Morgan fingerprint density at radius 3 is 1.55 bits per heavy atom. The van der Waals surface area contributed by atoms with E-state index in [1.807, 2.05) is 0 Å². The molecule has 0 unspecified atom stereocenters. The first-order valence-corrected chi connectivity index (χ1v) is 8.62. The molecule has 2 aromatic rings. The maximum Gasteiger partial charge on any atom is 0.324 e. The SMILES string of the molecule is Cc1ccc(S(=O)(=O)OOS(=O)(=O)c2ccccc2)cc1.[Na]. The van der Waals surface area contributed by atoms with Crippen LogP contribution < -0.4 is 0 Å². The van der Waals surface area contributed by atoms with Crippen LogP contribution in [0, 0.1) is 6.92 Å². The maximum absolute atomic E-state index is 11.8. The standard InChI is InChI=1S/C13H12O6S2.Na/c1-11-7-9-13(10-8-11)21(16,17)19-18-20(14,15)12-5-3-2-4-6-12;/h2-10H,1H3;. The van der Waals surface area contributed by atoms with Crippen LogP contribution in [0.1, 0.15) is 5.56 Å². The minimum absolute atomic E-state index is 0. The number of hydrogen-bond donors (Lipinski definition) is 0. The van der Waals surface area contributed by atoms with Crippen molar-refractivity contribution in [2.75, 3.05) is 0 Å². The van der Waals surface area contributed by atoms with E-state index in [0.29, 0.717) is 0 Å². The Bertz CT molecular complexity index is 815. The molecule has 22 heavy (non-hydrogen) atoms. The molecular weight excluding hydrogens is 339 g/mol. The molecule has 2 rings (SSSR count). The minimum Gasteiger partial charge on any atom is -0.192 e. The molecule has 2 aromatic carbocycles. The fourth-order valence-corrected chi connectivity index (χ4v) is 3.15. The van der Waals surface area contributed by atoms with Crippen LogP contribution >= 0.6 is 0 Å². The fraction of sp³-hybridized carbons (Fsp3) is 0.0769. The van der Waals surface area contributed by atoms with Gasteiger partial charge in [-0.05, 0) is 31.2 Å². The molecule has 0 saturated carbocycles. The first-order valence-electron chi connectivity index (χ1n) is 5.81. The van der Waals surface area contributed by atoms with Gasteiger partial charge >= 0.3 is 20.2 Å². The fourth-order valence-electron chi connectivity index (χ4n) is 1.44. The van der Waals surface area contributed by atoms with Gasteiger partial charge in [-0.1, -0.05) is 44.6 Å². The average molecular weight is 351 g/mol. The largest absolute Gasteiger partial charge is 0.324 e. The predicted molar refractivity (Wildman–Crippen MR) is 79.9 cm³/mol. The Labute approximate surface area is 151 Å². The van der Waals surface area contributed by atoms with E-state index in [1.54, 1.807) is 25.1 Å². The van der Waals surface area contributed by atoms with Crippen LogP contribution in [0.5, 0.6) is 0 Å². The Morgan fingerprint density at radius 2 is 1.09 bits per heavy atom. The van der Waals surface area contributed by atoms with Crippen molar-refractivity contribution in [3.05, 3.63) is 60.2 Å². The molecule has 0 heterocycles. The smallest absolute Gasteiger partial charge is 0.192 e. The van der Waals surface area contributed by atoms with Gasteiger partial charge in [0, 0.05) is 29.6 Å². The van der Waals surface area contributed by atoms with Gasteiger partial charge in [-0.2, -0.15) is 16.8 Å². The molecule has 9 heteroatoms.